The smallest absolute Gasteiger partial charge is 0.406 e. The van der Waals surface area contributed by atoms with Crippen LogP contribution in [0.4, 0.5) is 13.2 Å². The molecule has 17 heavy (non-hydrogen) atoms. The Bertz CT molecular complexity index is 556. The van der Waals surface area contributed by atoms with Crippen LogP contribution in [-0.2, 0) is 0 Å². The number of nitrogens with one attached hydrogen (secondary N) is 1. The summed E-state index contributed by atoms with van der Waals surface area (Å²) in [6, 6.07) is 5.45. The van der Waals surface area contributed by atoms with E-state index in [1.54, 1.807) is 17.0 Å². The van der Waals surface area contributed by atoms with Gasteiger partial charge < -0.3 is 9.72 Å². The van der Waals surface area contributed by atoms with Crippen molar-refractivity contribution in [2.45, 2.75) is 6.36 Å². The van der Waals surface area contributed by atoms with Crippen LogP contribution in [0.1, 0.15) is 0 Å². The van der Waals surface area contributed by atoms with E-state index in [1.807, 2.05) is 0 Å². The SMILES string of the molecule is FC(F)(F)Oc1ccc(-n2cc[nH]c2=S)cc1. The van der Waals surface area contributed by atoms with Gasteiger partial charge in [0, 0.05) is 18.1 Å². The van der Waals surface area contributed by atoms with Gasteiger partial charge in [-0.1, -0.05) is 0 Å². The normalized spacial score (nSPS) is 11.5. The fourth-order valence-corrected chi connectivity index (χ4v) is 1.57. The van der Waals surface area contributed by atoms with E-state index in [0.29, 0.717) is 10.5 Å². The van der Waals surface area contributed by atoms with Crippen molar-refractivity contribution in [2.75, 3.05) is 0 Å². The maximum absolute atomic E-state index is 11.9. The highest BCUT2D eigenvalue weighted by Crippen LogP contribution is 2.23. The first-order valence-corrected chi connectivity index (χ1v) is 4.99. The third-order valence-corrected chi connectivity index (χ3v) is 2.31. The minimum Gasteiger partial charge on any atom is -0.406 e. The molecule has 3 nitrogen and oxygen atoms in total. The van der Waals surface area contributed by atoms with E-state index < -0.39 is 6.36 Å². The minimum atomic E-state index is -4.67. The van der Waals surface area contributed by atoms with Crippen LogP contribution < -0.4 is 4.74 Å². The lowest BCUT2D eigenvalue weighted by Gasteiger charge is -2.09. The van der Waals surface area contributed by atoms with Gasteiger partial charge in [0.05, 0.1) is 0 Å². The number of hydrogen-bond acceptors (Lipinski definition) is 2. The zero-order valence-electron chi connectivity index (χ0n) is 8.36. The molecule has 0 saturated heterocycles. The van der Waals surface area contributed by atoms with Crippen LogP contribution in [0.3, 0.4) is 0 Å². The molecule has 0 unspecified atom stereocenters. The predicted octanol–water partition coefficient (Wildman–Crippen LogP) is 3.43. The maximum atomic E-state index is 11.9. The molecule has 0 bridgehead atoms. The number of H-pyrrole nitrogens is 1. The van der Waals surface area contributed by atoms with E-state index in [0.717, 1.165) is 0 Å². The van der Waals surface area contributed by atoms with Gasteiger partial charge in [-0.25, -0.2) is 0 Å². The van der Waals surface area contributed by atoms with Crippen LogP contribution in [0.2, 0.25) is 0 Å². The number of nitrogens with zero attached hydrogens (tertiary/aromatic N) is 1. The Hall–Kier alpha value is -1.76. The van der Waals surface area contributed by atoms with E-state index >= 15 is 0 Å². The van der Waals surface area contributed by atoms with Gasteiger partial charge in [0.25, 0.3) is 0 Å². The van der Waals surface area contributed by atoms with E-state index in [1.165, 1.54) is 24.3 Å². The van der Waals surface area contributed by atoms with Crippen molar-refractivity contribution in [3.05, 3.63) is 41.4 Å². The maximum Gasteiger partial charge on any atom is 0.573 e. The summed E-state index contributed by atoms with van der Waals surface area (Å²) < 4.78 is 41.7. The summed E-state index contributed by atoms with van der Waals surface area (Å²) in [7, 11) is 0. The number of halogens is 3. The third-order valence-electron chi connectivity index (χ3n) is 2.00. The van der Waals surface area contributed by atoms with Gasteiger partial charge in [-0.3, -0.25) is 4.57 Å². The number of hydrogen-bond donors (Lipinski definition) is 1. The number of benzene rings is 1. The molecule has 0 fully saturated rings. The number of imidazole rings is 1. The zero-order valence-corrected chi connectivity index (χ0v) is 9.18. The zero-order chi connectivity index (χ0) is 12.5. The summed E-state index contributed by atoms with van der Waals surface area (Å²) in [5.74, 6) is -0.261. The van der Waals surface area contributed by atoms with Gasteiger partial charge in [0.1, 0.15) is 5.75 Å². The fraction of sp³-hybridized carbons (Fsp3) is 0.100. The van der Waals surface area contributed by atoms with E-state index in [9.17, 15) is 13.2 Å². The number of ether oxygens (including phenoxy) is 1. The Kier molecular flexibility index (Phi) is 2.93. The van der Waals surface area contributed by atoms with Crippen molar-refractivity contribution in [2.24, 2.45) is 0 Å². The molecule has 1 N–H and O–H groups in total. The van der Waals surface area contributed by atoms with Crippen LogP contribution in [0.5, 0.6) is 5.75 Å². The Balaban J connectivity index is 2.25. The number of alkyl halides is 3. The number of rotatable bonds is 2. The summed E-state index contributed by atoms with van der Waals surface area (Å²) in [5.41, 5.74) is 0.658. The average molecular weight is 260 g/mol. The van der Waals surface area contributed by atoms with Crippen LogP contribution in [0.15, 0.2) is 36.7 Å². The summed E-state index contributed by atoms with van der Waals surface area (Å²) in [6.45, 7) is 0. The largest absolute Gasteiger partial charge is 0.573 e. The third kappa shape index (κ3) is 2.88. The molecule has 2 rings (SSSR count). The molecular formula is C10H7F3N2OS. The van der Waals surface area contributed by atoms with Crippen molar-refractivity contribution < 1.29 is 17.9 Å². The molecule has 0 spiro atoms. The molecule has 0 radical (unpaired) electrons. The minimum absolute atomic E-state index is 0.261. The average Bonchev–Trinajstić information content (AvgIpc) is 2.63. The first-order chi connectivity index (χ1) is 7.96. The Morgan fingerprint density at radius 2 is 1.82 bits per heavy atom. The predicted molar refractivity (Wildman–Crippen MR) is 57.6 cm³/mol. The fourth-order valence-electron chi connectivity index (χ4n) is 1.33. The van der Waals surface area contributed by atoms with E-state index in [4.69, 9.17) is 12.2 Å². The van der Waals surface area contributed by atoms with Crippen molar-refractivity contribution in [1.82, 2.24) is 9.55 Å². The summed E-state index contributed by atoms with van der Waals surface area (Å²) in [5, 5.41) is 0. The van der Waals surface area contributed by atoms with Gasteiger partial charge in [-0.05, 0) is 36.5 Å². The molecule has 1 aromatic carbocycles. The van der Waals surface area contributed by atoms with Gasteiger partial charge in [-0.15, -0.1) is 13.2 Å². The molecule has 0 aliphatic rings. The van der Waals surface area contributed by atoms with Crippen LogP contribution in [0, 0.1) is 4.77 Å². The molecule has 90 valence electrons. The highest BCUT2D eigenvalue weighted by Gasteiger charge is 2.30. The summed E-state index contributed by atoms with van der Waals surface area (Å²) in [6.07, 6.45) is -1.35. The summed E-state index contributed by atoms with van der Waals surface area (Å²) in [4.78, 5) is 2.79. The molecule has 0 saturated carbocycles. The topological polar surface area (TPSA) is 29.9 Å². The highest BCUT2D eigenvalue weighted by molar-refractivity contribution is 7.71. The quantitative estimate of drug-likeness (QED) is 0.838. The van der Waals surface area contributed by atoms with Crippen molar-refractivity contribution >= 4 is 12.2 Å². The highest BCUT2D eigenvalue weighted by atomic mass is 32.1. The molecule has 0 aliphatic carbocycles. The van der Waals surface area contributed by atoms with E-state index in [2.05, 4.69) is 9.72 Å². The molecule has 1 aromatic heterocycles. The first-order valence-electron chi connectivity index (χ1n) is 4.58. The van der Waals surface area contributed by atoms with Crippen molar-refractivity contribution in [1.29, 1.82) is 0 Å². The molecule has 2 aromatic rings. The molecule has 0 aliphatic heterocycles. The first kappa shape index (κ1) is 11.7. The van der Waals surface area contributed by atoms with Crippen LogP contribution in [0.25, 0.3) is 5.69 Å². The van der Waals surface area contributed by atoms with Gasteiger partial charge in [0.2, 0.25) is 0 Å². The Morgan fingerprint density at radius 3 is 2.29 bits per heavy atom. The molecule has 7 heteroatoms. The second-order valence-corrected chi connectivity index (χ2v) is 3.56. The van der Waals surface area contributed by atoms with Crippen LogP contribution in [-0.4, -0.2) is 15.9 Å². The van der Waals surface area contributed by atoms with Gasteiger partial charge in [-0.2, -0.15) is 0 Å². The monoisotopic (exact) mass is 260 g/mol. The van der Waals surface area contributed by atoms with Gasteiger partial charge >= 0.3 is 6.36 Å². The molecule has 1 heterocycles. The Morgan fingerprint density at radius 1 is 1.18 bits per heavy atom. The number of aromatic nitrogens is 2. The Labute approximate surface area is 99.5 Å². The van der Waals surface area contributed by atoms with Crippen LogP contribution >= 0.6 is 12.2 Å². The second kappa shape index (κ2) is 4.25. The molecule has 0 amide bonds. The standard InChI is InChI=1S/C10H7F3N2OS/c11-10(12,13)16-8-3-1-7(2-4-8)15-6-5-14-9(15)17/h1-6H,(H,14,17). The number of aromatic amines is 1. The molecule has 0 atom stereocenters. The summed E-state index contributed by atoms with van der Waals surface area (Å²) >= 11 is 4.98. The van der Waals surface area contributed by atoms with Crippen molar-refractivity contribution in [3.8, 4) is 11.4 Å². The lowest BCUT2D eigenvalue weighted by Crippen LogP contribution is -2.17. The van der Waals surface area contributed by atoms with E-state index in [-0.39, 0.29) is 5.75 Å². The lowest BCUT2D eigenvalue weighted by atomic mass is 10.3. The molecular weight excluding hydrogens is 253 g/mol. The second-order valence-electron chi connectivity index (χ2n) is 3.18. The van der Waals surface area contributed by atoms with Crippen molar-refractivity contribution in [3.63, 3.8) is 0 Å². The lowest BCUT2D eigenvalue weighted by molar-refractivity contribution is -0.274. The van der Waals surface area contributed by atoms with Gasteiger partial charge in [0.15, 0.2) is 4.77 Å².